The predicted molar refractivity (Wildman–Crippen MR) is 100 cm³/mol. The molecule has 0 atom stereocenters. The number of benzene rings is 2. The van der Waals surface area contributed by atoms with Crippen LogP contribution in [-0.4, -0.2) is 11.1 Å². The van der Waals surface area contributed by atoms with Gasteiger partial charge in [0.1, 0.15) is 17.0 Å². The third kappa shape index (κ3) is 3.55. The van der Waals surface area contributed by atoms with E-state index in [2.05, 4.69) is 17.4 Å². The predicted octanol–water partition coefficient (Wildman–Crippen LogP) is 5.77. The summed E-state index contributed by atoms with van der Waals surface area (Å²) in [5, 5.41) is 7.69. The molecule has 128 valence electrons. The molecule has 6 heteroatoms. The van der Waals surface area contributed by atoms with Crippen molar-refractivity contribution < 1.29 is 9.32 Å². The zero-order valence-electron chi connectivity index (χ0n) is 13.8. The number of rotatable bonds is 4. The molecule has 0 aliphatic heterocycles. The van der Waals surface area contributed by atoms with Gasteiger partial charge in [-0.1, -0.05) is 53.5 Å². The Balaban J connectivity index is 2.00. The van der Waals surface area contributed by atoms with Crippen molar-refractivity contribution in [3.8, 4) is 11.3 Å². The molecule has 0 radical (unpaired) electrons. The van der Waals surface area contributed by atoms with Crippen LogP contribution in [0.4, 0.5) is 5.69 Å². The molecule has 0 aliphatic rings. The number of aromatic nitrogens is 1. The van der Waals surface area contributed by atoms with Gasteiger partial charge in [-0.25, -0.2) is 0 Å². The first-order valence-electron chi connectivity index (χ1n) is 7.82. The smallest absolute Gasteiger partial charge is 0.261 e. The van der Waals surface area contributed by atoms with E-state index in [1.807, 2.05) is 24.3 Å². The third-order valence-electron chi connectivity index (χ3n) is 3.88. The minimum Gasteiger partial charge on any atom is -0.360 e. The number of nitrogens with zero attached hydrogens (tertiary/aromatic N) is 1. The lowest BCUT2D eigenvalue weighted by Crippen LogP contribution is -2.13. The Morgan fingerprint density at radius 3 is 2.52 bits per heavy atom. The Hall–Kier alpha value is -2.30. The average molecular weight is 375 g/mol. The number of carbonyl (C=O) groups excluding carboxylic acids is 1. The van der Waals surface area contributed by atoms with Gasteiger partial charge in [0.15, 0.2) is 0 Å². The molecule has 0 saturated heterocycles. The first-order chi connectivity index (χ1) is 12.0. The lowest BCUT2D eigenvalue weighted by Gasteiger charge is -2.09. The van der Waals surface area contributed by atoms with Crippen LogP contribution in [0.2, 0.25) is 10.0 Å². The van der Waals surface area contributed by atoms with Crippen molar-refractivity contribution in [1.29, 1.82) is 0 Å². The summed E-state index contributed by atoms with van der Waals surface area (Å²) < 4.78 is 5.24. The van der Waals surface area contributed by atoms with E-state index >= 15 is 0 Å². The number of anilines is 1. The fourth-order valence-corrected chi connectivity index (χ4v) is 3.17. The van der Waals surface area contributed by atoms with Crippen molar-refractivity contribution in [1.82, 2.24) is 5.16 Å². The van der Waals surface area contributed by atoms with E-state index in [4.69, 9.17) is 27.7 Å². The Bertz CT molecular complexity index is 915. The van der Waals surface area contributed by atoms with Crippen LogP contribution in [0.25, 0.3) is 11.3 Å². The van der Waals surface area contributed by atoms with E-state index in [0.717, 1.165) is 12.0 Å². The molecule has 1 amide bonds. The van der Waals surface area contributed by atoms with Crippen LogP contribution in [0, 0.1) is 6.92 Å². The van der Waals surface area contributed by atoms with Gasteiger partial charge in [0, 0.05) is 11.3 Å². The normalized spacial score (nSPS) is 10.7. The van der Waals surface area contributed by atoms with Crippen LogP contribution in [0.5, 0.6) is 0 Å². The second kappa shape index (κ2) is 7.30. The van der Waals surface area contributed by atoms with Crippen molar-refractivity contribution in [2.24, 2.45) is 0 Å². The zero-order valence-corrected chi connectivity index (χ0v) is 15.3. The Morgan fingerprint density at radius 1 is 1.16 bits per heavy atom. The summed E-state index contributed by atoms with van der Waals surface area (Å²) >= 11 is 12.5. The van der Waals surface area contributed by atoms with E-state index in [9.17, 15) is 4.79 Å². The van der Waals surface area contributed by atoms with Gasteiger partial charge in [-0.05, 0) is 43.2 Å². The summed E-state index contributed by atoms with van der Waals surface area (Å²) in [6, 6.07) is 12.8. The molecule has 4 nitrogen and oxygen atoms in total. The molecule has 1 N–H and O–H groups in total. The van der Waals surface area contributed by atoms with Crippen molar-refractivity contribution in [3.63, 3.8) is 0 Å². The molecule has 1 aromatic heterocycles. The van der Waals surface area contributed by atoms with Crippen LogP contribution in [0.15, 0.2) is 47.0 Å². The molecule has 25 heavy (non-hydrogen) atoms. The molecule has 3 aromatic rings. The summed E-state index contributed by atoms with van der Waals surface area (Å²) in [4.78, 5) is 12.8. The lowest BCUT2D eigenvalue weighted by atomic mass is 10.1. The van der Waals surface area contributed by atoms with Gasteiger partial charge in [0.05, 0.1) is 10.0 Å². The van der Waals surface area contributed by atoms with Gasteiger partial charge in [0.2, 0.25) is 0 Å². The summed E-state index contributed by atoms with van der Waals surface area (Å²) in [6.45, 7) is 3.74. The van der Waals surface area contributed by atoms with Crippen LogP contribution < -0.4 is 5.32 Å². The molecule has 0 aliphatic carbocycles. The lowest BCUT2D eigenvalue weighted by molar-refractivity contribution is 0.102. The van der Waals surface area contributed by atoms with E-state index in [-0.39, 0.29) is 5.91 Å². The van der Waals surface area contributed by atoms with E-state index in [1.54, 1.807) is 25.1 Å². The largest absolute Gasteiger partial charge is 0.360 e. The molecule has 3 rings (SSSR count). The maximum Gasteiger partial charge on any atom is 0.261 e. The number of hydrogen-bond acceptors (Lipinski definition) is 3. The van der Waals surface area contributed by atoms with Crippen LogP contribution in [-0.2, 0) is 6.42 Å². The molecule has 2 aromatic carbocycles. The fraction of sp³-hybridized carbons (Fsp3) is 0.158. The highest BCUT2D eigenvalue weighted by Crippen LogP contribution is 2.36. The molecule has 0 fully saturated rings. The maximum absolute atomic E-state index is 12.8. The van der Waals surface area contributed by atoms with Crippen molar-refractivity contribution in [2.45, 2.75) is 20.3 Å². The van der Waals surface area contributed by atoms with E-state index in [0.29, 0.717) is 38.3 Å². The average Bonchev–Trinajstić information content (AvgIpc) is 2.96. The van der Waals surface area contributed by atoms with E-state index in [1.165, 1.54) is 0 Å². The zero-order chi connectivity index (χ0) is 18.0. The van der Waals surface area contributed by atoms with Crippen LogP contribution in [0.3, 0.4) is 0 Å². The van der Waals surface area contributed by atoms with Crippen molar-refractivity contribution >= 4 is 34.8 Å². The molecule has 0 unspecified atom stereocenters. The number of amides is 1. The minimum atomic E-state index is -0.321. The van der Waals surface area contributed by atoms with Gasteiger partial charge in [-0.3, -0.25) is 4.79 Å². The standard InChI is InChI=1S/C19H16Cl2N2O2/c1-3-12-6-4-7-13(10-12)22-19(24)16-11(2)25-23-18(16)17-14(20)8-5-9-15(17)21/h4-10H,3H2,1-2H3,(H,22,24). The Morgan fingerprint density at radius 2 is 1.84 bits per heavy atom. The van der Waals surface area contributed by atoms with Crippen LogP contribution in [0.1, 0.15) is 28.6 Å². The van der Waals surface area contributed by atoms with Crippen molar-refractivity contribution in [3.05, 3.63) is 69.4 Å². The molecular weight excluding hydrogens is 359 g/mol. The fourth-order valence-electron chi connectivity index (χ4n) is 2.60. The summed E-state index contributed by atoms with van der Waals surface area (Å²) in [6.07, 6.45) is 0.885. The molecule has 0 bridgehead atoms. The molecular formula is C19H16Cl2N2O2. The third-order valence-corrected chi connectivity index (χ3v) is 4.51. The number of carbonyl (C=O) groups is 1. The SMILES string of the molecule is CCc1cccc(NC(=O)c2c(-c3c(Cl)cccc3Cl)noc2C)c1. The number of hydrogen-bond donors (Lipinski definition) is 1. The van der Waals surface area contributed by atoms with E-state index < -0.39 is 0 Å². The highest BCUT2D eigenvalue weighted by molar-refractivity contribution is 6.39. The Kier molecular flexibility index (Phi) is 5.11. The summed E-state index contributed by atoms with van der Waals surface area (Å²) in [7, 11) is 0. The van der Waals surface area contributed by atoms with Gasteiger partial charge < -0.3 is 9.84 Å². The van der Waals surface area contributed by atoms with Gasteiger partial charge in [0.25, 0.3) is 5.91 Å². The molecule has 0 saturated carbocycles. The van der Waals surface area contributed by atoms with Crippen molar-refractivity contribution in [2.75, 3.05) is 5.32 Å². The second-order valence-corrected chi connectivity index (χ2v) is 6.38. The van der Waals surface area contributed by atoms with Gasteiger partial charge >= 0.3 is 0 Å². The number of halogens is 2. The minimum absolute atomic E-state index is 0.317. The maximum atomic E-state index is 12.8. The topological polar surface area (TPSA) is 55.1 Å². The Labute approximate surface area is 155 Å². The quantitative estimate of drug-likeness (QED) is 0.630. The van der Waals surface area contributed by atoms with Crippen LogP contribution >= 0.6 is 23.2 Å². The first-order valence-corrected chi connectivity index (χ1v) is 8.57. The number of aryl methyl sites for hydroxylation is 2. The van der Waals surface area contributed by atoms with Gasteiger partial charge in [-0.2, -0.15) is 0 Å². The monoisotopic (exact) mass is 374 g/mol. The highest BCUT2D eigenvalue weighted by atomic mass is 35.5. The van der Waals surface area contributed by atoms with Gasteiger partial charge in [-0.15, -0.1) is 0 Å². The summed E-state index contributed by atoms with van der Waals surface area (Å²) in [5.41, 5.74) is 2.97. The second-order valence-electron chi connectivity index (χ2n) is 5.57. The molecule has 0 spiro atoms. The summed E-state index contributed by atoms with van der Waals surface area (Å²) in [5.74, 6) is 0.0770. The highest BCUT2D eigenvalue weighted by Gasteiger charge is 2.24. The number of nitrogens with one attached hydrogen (secondary N) is 1. The molecule has 1 heterocycles. The first kappa shape index (κ1) is 17.5.